The molecule has 1 saturated carbocycles. The molecule has 0 amide bonds. The van der Waals surface area contributed by atoms with Crippen molar-refractivity contribution < 1.29 is 0 Å². The van der Waals surface area contributed by atoms with E-state index in [9.17, 15) is 0 Å². The highest BCUT2D eigenvalue weighted by atomic mass is 35.5. The Kier molecular flexibility index (Phi) is 7.63. The molecule has 0 spiro atoms. The van der Waals surface area contributed by atoms with E-state index < -0.39 is 0 Å². The van der Waals surface area contributed by atoms with Gasteiger partial charge in [-0.1, -0.05) is 67.8 Å². The van der Waals surface area contributed by atoms with E-state index in [-0.39, 0.29) is 5.41 Å². The molecular formula is C31H37ClN6S. The number of fused-ring (bicyclic) bond motifs is 1. The zero-order valence-electron chi connectivity index (χ0n) is 22.6. The van der Waals surface area contributed by atoms with Gasteiger partial charge >= 0.3 is 0 Å². The predicted octanol–water partition coefficient (Wildman–Crippen LogP) is 6.68. The summed E-state index contributed by atoms with van der Waals surface area (Å²) in [7, 11) is 0. The summed E-state index contributed by atoms with van der Waals surface area (Å²) in [6, 6.07) is 19.1. The van der Waals surface area contributed by atoms with E-state index in [4.69, 9.17) is 33.8 Å². The maximum Gasteiger partial charge on any atom is 0.232 e. The number of anilines is 3. The quantitative estimate of drug-likeness (QED) is 0.326. The molecule has 8 heteroatoms. The van der Waals surface area contributed by atoms with Gasteiger partial charge in [0.1, 0.15) is 11.6 Å². The summed E-state index contributed by atoms with van der Waals surface area (Å²) in [5, 5.41) is 8.20. The summed E-state index contributed by atoms with van der Waals surface area (Å²) in [6.07, 6.45) is 7.14. The molecule has 1 aliphatic carbocycles. The maximum atomic E-state index is 6.36. The molecule has 3 aliphatic rings. The van der Waals surface area contributed by atoms with Gasteiger partial charge < -0.3 is 20.4 Å². The minimum absolute atomic E-state index is 0.0375. The lowest BCUT2D eigenvalue weighted by molar-refractivity contribution is 0.435. The van der Waals surface area contributed by atoms with E-state index in [1.807, 2.05) is 12.1 Å². The highest BCUT2D eigenvalue weighted by molar-refractivity contribution is 7.80. The summed E-state index contributed by atoms with van der Waals surface area (Å²) in [5.41, 5.74) is 4.05. The van der Waals surface area contributed by atoms with Crippen LogP contribution in [0.3, 0.4) is 0 Å². The van der Waals surface area contributed by atoms with Crippen LogP contribution in [0.25, 0.3) is 0 Å². The van der Waals surface area contributed by atoms with Crippen LogP contribution in [-0.2, 0) is 18.5 Å². The monoisotopic (exact) mass is 560 g/mol. The second kappa shape index (κ2) is 11.3. The van der Waals surface area contributed by atoms with Crippen molar-refractivity contribution in [3.05, 3.63) is 76.3 Å². The summed E-state index contributed by atoms with van der Waals surface area (Å²) in [6.45, 7) is 6.83. The van der Waals surface area contributed by atoms with Crippen LogP contribution in [0.2, 0.25) is 5.02 Å². The molecule has 204 valence electrons. The second-order valence-corrected chi connectivity index (χ2v) is 12.4. The summed E-state index contributed by atoms with van der Waals surface area (Å²) in [4.78, 5) is 14.6. The molecule has 0 unspecified atom stereocenters. The normalized spacial score (nSPS) is 20.1. The molecule has 2 aliphatic heterocycles. The average Bonchev–Trinajstić information content (AvgIpc) is 3.60. The Morgan fingerprint density at radius 3 is 2.38 bits per heavy atom. The first-order chi connectivity index (χ1) is 19.0. The van der Waals surface area contributed by atoms with Crippen molar-refractivity contribution in [1.82, 2.24) is 15.3 Å². The molecule has 2 N–H and O–H groups in total. The van der Waals surface area contributed by atoms with Crippen LogP contribution in [0, 0.1) is 5.92 Å². The number of hydrogen-bond acceptors (Lipinski definition) is 5. The Hall–Kier alpha value is -2.90. The van der Waals surface area contributed by atoms with Crippen LogP contribution in [0.4, 0.5) is 17.6 Å². The van der Waals surface area contributed by atoms with Crippen molar-refractivity contribution in [1.29, 1.82) is 0 Å². The van der Waals surface area contributed by atoms with Gasteiger partial charge in [-0.3, -0.25) is 0 Å². The average molecular weight is 561 g/mol. The number of thiocarbonyl (C=S) groups is 1. The van der Waals surface area contributed by atoms with Gasteiger partial charge in [0.2, 0.25) is 5.95 Å². The fourth-order valence-electron chi connectivity index (χ4n) is 6.53. The number of benzene rings is 2. The first-order valence-electron chi connectivity index (χ1n) is 14.2. The maximum absolute atomic E-state index is 6.36. The van der Waals surface area contributed by atoms with E-state index in [1.54, 1.807) is 0 Å². The van der Waals surface area contributed by atoms with Gasteiger partial charge in [-0.15, -0.1) is 0 Å². The van der Waals surface area contributed by atoms with Crippen LogP contribution >= 0.6 is 23.8 Å². The van der Waals surface area contributed by atoms with Gasteiger partial charge in [-0.05, 0) is 72.6 Å². The fourth-order valence-corrected chi connectivity index (χ4v) is 6.88. The van der Waals surface area contributed by atoms with Crippen LogP contribution in [0.1, 0.15) is 62.1 Å². The standard InChI is InChI=1S/C31H37ClN6S/c1-22-8-7-15-37(18-22)27-17-28(38-19-23-9-2-3-10-24(23)20-38)35-29(34-27)36-30(39)33-21-31(13-4-5-14-31)25-11-6-12-26(32)16-25/h2-3,6,9-12,16-17,22H,4-5,7-8,13-15,18-21H2,1H3,(H2,33,34,35,36,39)/t22-/m1/s1. The Morgan fingerprint density at radius 1 is 0.974 bits per heavy atom. The van der Waals surface area contributed by atoms with Crippen LogP contribution in [0.5, 0.6) is 0 Å². The van der Waals surface area contributed by atoms with Gasteiger partial charge in [0.25, 0.3) is 0 Å². The molecule has 3 heterocycles. The molecule has 1 aromatic heterocycles. The highest BCUT2D eigenvalue weighted by Gasteiger charge is 2.36. The molecule has 6 rings (SSSR count). The van der Waals surface area contributed by atoms with Crippen molar-refractivity contribution in [2.75, 3.05) is 34.8 Å². The third kappa shape index (κ3) is 5.85. The van der Waals surface area contributed by atoms with Crippen LogP contribution < -0.4 is 20.4 Å². The number of nitrogens with zero attached hydrogens (tertiary/aromatic N) is 4. The molecule has 1 atom stereocenters. The molecule has 0 bridgehead atoms. The third-order valence-electron chi connectivity index (χ3n) is 8.66. The van der Waals surface area contributed by atoms with Crippen molar-refractivity contribution in [3.8, 4) is 0 Å². The first-order valence-corrected chi connectivity index (χ1v) is 15.0. The Balaban J connectivity index is 1.21. The van der Waals surface area contributed by atoms with E-state index in [1.165, 1.54) is 42.4 Å². The largest absolute Gasteiger partial charge is 0.361 e. The highest BCUT2D eigenvalue weighted by Crippen LogP contribution is 2.41. The van der Waals surface area contributed by atoms with Crippen molar-refractivity contribution in [2.24, 2.45) is 5.92 Å². The predicted molar refractivity (Wildman–Crippen MR) is 165 cm³/mol. The SMILES string of the molecule is C[C@@H]1CCCN(c2cc(N3Cc4ccccc4C3)nc(NC(=S)NCC3(c4cccc(Cl)c4)CCCC3)n2)C1. The molecule has 39 heavy (non-hydrogen) atoms. The van der Waals surface area contributed by atoms with Gasteiger partial charge in [-0.25, -0.2) is 0 Å². The summed E-state index contributed by atoms with van der Waals surface area (Å²) >= 11 is 12.2. The van der Waals surface area contributed by atoms with Gasteiger partial charge in [0.05, 0.1) is 0 Å². The fraction of sp³-hybridized carbons (Fsp3) is 0.452. The Labute approximate surface area is 242 Å². The van der Waals surface area contributed by atoms with E-state index in [0.29, 0.717) is 17.0 Å². The molecule has 3 aromatic rings. The molecule has 2 fully saturated rings. The third-order valence-corrected chi connectivity index (χ3v) is 9.14. The molecule has 0 radical (unpaired) electrons. The molecule has 6 nitrogen and oxygen atoms in total. The summed E-state index contributed by atoms with van der Waals surface area (Å²) in [5.74, 6) is 3.11. The zero-order chi connectivity index (χ0) is 26.8. The van der Waals surface area contributed by atoms with Gasteiger partial charge in [-0.2, -0.15) is 9.97 Å². The van der Waals surface area contributed by atoms with E-state index in [2.05, 4.69) is 69.8 Å². The number of nitrogens with one attached hydrogen (secondary N) is 2. The first kappa shape index (κ1) is 26.3. The Bertz CT molecular complexity index is 1320. The van der Waals surface area contributed by atoms with Gasteiger partial charge in [0.15, 0.2) is 5.11 Å². The number of piperidine rings is 1. The number of rotatable bonds is 6. The topological polar surface area (TPSA) is 56.3 Å². The Morgan fingerprint density at radius 2 is 1.69 bits per heavy atom. The zero-order valence-corrected chi connectivity index (χ0v) is 24.2. The number of hydrogen-bond donors (Lipinski definition) is 2. The van der Waals surface area contributed by atoms with E-state index >= 15 is 0 Å². The molecule has 2 aromatic carbocycles. The van der Waals surface area contributed by atoms with Gasteiger partial charge in [0, 0.05) is 49.2 Å². The van der Waals surface area contributed by atoms with Crippen molar-refractivity contribution in [2.45, 2.75) is 64.0 Å². The smallest absolute Gasteiger partial charge is 0.232 e. The second-order valence-electron chi connectivity index (χ2n) is 11.5. The van der Waals surface area contributed by atoms with Crippen LogP contribution in [0.15, 0.2) is 54.6 Å². The van der Waals surface area contributed by atoms with Crippen molar-refractivity contribution in [3.63, 3.8) is 0 Å². The minimum atomic E-state index is 0.0375. The molecule has 1 saturated heterocycles. The number of halogens is 1. The number of aromatic nitrogens is 2. The van der Waals surface area contributed by atoms with E-state index in [0.717, 1.165) is 62.2 Å². The lowest BCUT2D eigenvalue weighted by Gasteiger charge is -2.33. The van der Waals surface area contributed by atoms with Crippen molar-refractivity contribution >= 4 is 46.5 Å². The van der Waals surface area contributed by atoms with Crippen LogP contribution in [-0.4, -0.2) is 34.7 Å². The lowest BCUT2D eigenvalue weighted by Crippen LogP contribution is -2.41. The lowest BCUT2D eigenvalue weighted by atomic mass is 9.79. The summed E-state index contributed by atoms with van der Waals surface area (Å²) < 4.78 is 0. The molecular weight excluding hydrogens is 524 g/mol. The minimum Gasteiger partial charge on any atom is -0.361 e.